The van der Waals surface area contributed by atoms with Gasteiger partial charge in [-0.2, -0.15) is 0 Å². The molecule has 0 saturated carbocycles. The number of carbonyl (C=O) groups is 1. The first-order chi connectivity index (χ1) is 8.10. The molecule has 0 aliphatic carbocycles. The van der Waals surface area contributed by atoms with Crippen LogP contribution in [0.1, 0.15) is 25.0 Å². The molecule has 1 N–H and O–H groups in total. The molecule has 0 radical (unpaired) electrons. The molecule has 0 amide bonds. The van der Waals surface area contributed by atoms with Gasteiger partial charge in [-0.3, -0.25) is 0 Å². The Morgan fingerprint density at radius 1 is 1.59 bits per heavy atom. The van der Waals surface area contributed by atoms with E-state index in [1.54, 1.807) is 6.92 Å². The fraction of sp³-hybridized carbons (Fsp3) is 0.385. The molecule has 0 aliphatic rings. The molecule has 0 saturated heterocycles. The molecule has 92 valence electrons. The molecular formula is C13H17NO2S. The number of thiocarbonyl (C=S) groups is 1. The number of hydrogen-bond acceptors (Lipinski definition) is 4. The number of benzene rings is 1. The van der Waals surface area contributed by atoms with E-state index >= 15 is 0 Å². The largest absolute Gasteiger partial charge is 0.421 e. The third kappa shape index (κ3) is 3.53. The van der Waals surface area contributed by atoms with E-state index in [4.69, 9.17) is 0 Å². The zero-order valence-corrected chi connectivity index (χ0v) is 11.1. The molecular weight excluding hydrogens is 234 g/mol. The third-order valence-electron chi connectivity index (χ3n) is 2.62. The van der Waals surface area contributed by atoms with Crippen LogP contribution in [0.4, 0.5) is 5.69 Å². The minimum Gasteiger partial charge on any atom is -0.421 e. The van der Waals surface area contributed by atoms with Crippen LogP contribution in [0.2, 0.25) is 0 Å². The first-order valence-corrected chi connectivity index (χ1v) is 6.06. The maximum Gasteiger partial charge on any atom is 0.333 e. The number of aryl methyl sites for hydroxylation is 2. The topological polar surface area (TPSA) is 38.3 Å². The number of carbonyl (C=O) groups excluding carboxylic acids is 1. The van der Waals surface area contributed by atoms with E-state index in [2.05, 4.69) is 29.2 Å². The van der Waals surface area contributed by atoms with Crippen molar-refractivity contribution in [2.75, 3.05) is 5.32 Å². The fourth-order valence-electron chi connectivity index (χ4n) is 1.65. The Bertz CT molecular complexity index is 418. The van der Waals surface area contributed by atoms with Crippen LogP contribution in [0, 0.1) is 6.92 Å². The van der Waals surface area contributed by atoms with Gasteiger partial charge in [0.1, 0.15) is 6.04 Å². The number of nitrogens with one attached hydrogen (secondary N) is 1. The van der Waals surface area contributed by atoms with Gasteiger partial charge in [-0.05, 0) is 43.6 Å². The number of para-hydroxylation sites is 1. The highest BCUT2D eigenvalue weighted by atomic mass is 32.1. The van der Waals surface area contributed by atoms with Crippen LogP contribution in [0.5, 0.6) is 0 Å². The Balaban J connectivity index is 2.87. The molecule has 0 aromatic heterocycles. The predicted octanol–water partition coefficient (Wildman–Crippen LogP) is 2.86. The highest BCUT2D eigenvalue weighted by molar-refractivity contribution is 7.78. The van der Waals surface area contributed by atoms with Gasteiger partial charge in [0.25, 0.3) is 0 Å². The molecule has 1 unspecified atom stereocenters. The van der Waals surface area contributed by atoms with Crippen LogP contribution >= 0.6 is 12.2 Å². The van der Waals surface area contributed by atoms with Crippen LogP contribution in [0.25, 0.3) is 0 Å². The normalized spacial score (nSPS) is 11.7. The summed E-state index contributed by atoms with van der Waals surface area (Å²) < 4.78 is 4.68. The smallest absolute Gasteiger partial charge is 0.333 e. The number of hydrogen-bond donors (Lipinski definition) is 1. The monoisotopic (exact) mass is 251 g/mol. The Morgan fingerprint density at radius 2 is 2.29 bits per heavy atom. The van der Waals surface area contributed by atoms with Crippen molar-refractivity contribution < 1.29 is 9.53 Å². The maximum atomic E-state index is 11.5. The summed E-state index contributed by atoms with van der Waals surface area (Å²) in [5.74, 6) is -0.370. The summed E-state index contributed by atoms with van der Waals surface area (Å²) in [5, 5.41) is 3.17. The highest BCUT2D eigenvalue weighted by Gasteiger charge is 2.15. The van der Waals surface area contributed by atoms with Crippen molar-refractivity contribution in [3.63, 3.8) is 0 Å². The van der Waals surface area contributed by atoms with E-state index in [0.29, 0.717) is 0 Å². The van der Waals surface area contributed by atoms with Crippen molar-refractivity contribution in [1.29, 1.82) is 0 Å². The van der Waals surface area contributed by atoms with Crippen LogP contribution in [0.3, 0.4) is 0 Å². The molecule has 17 heavy (non-hydrogen) atoms. The van der Waals surface area contributed by atoms with E-state index in [1.165, 1.54) is 5.56 Å². The lowest BCUT2D eigenvalue weighted by atomic mass is 10.1. The van der Waals surface area contributed by atoms with Crippen LogP contribution in [0.15, 0.2) is 18.2 Å². The number of rotatable bonds is 5. The zero-order valence-electron chi connectivity index (χ0n) is 10.3. The second-order valence-electron chi connectivity index (χ2n) is 3.86. The molecule has 0 bridgehead atoms. The zero-order chi connectivity index (χ0) is 12.8. The molecule has 1 aromatic carbocycles. The number of anilines is 1. The summed E-state index contributed by atoms with van der Waals surface area (Å²) >= 11 is 4.49. The minimum atomic E-state index is -0.416. The number of esters is 1. The lowest BCUT2D eigenvalue weighted by molar-refractivity contribution is -0.135. The summed E-state index contributed by atoms with van der Waals surface area (Å²) in [4.78, 5) is 11.5. The summed E-state index contributed by atoms with van der Waals surface area (Å²) in [7, 11) is 0. The second-order valence-corrected chi connectivity index (χ2v) is 4.05. The van der Waals surface area contributed by atoms with E-state index < -0.39 is 6.04 Å². The lowest BCUT2D eigenvalue weighted by Crippen LogP contribution is -2.28. The van der Waals surface area contributed by atoms with Gasteiger partial charge in [0.05, 0.1) is 0 Å². The van der Waals surface area contributed by atoms with E-state index in [-0.39, 0.29) is 5.97 Å². The Kier molecular flexibility index (Phi) is 5.10. The maximum absolute atomic E-state index is 11.5. The van der Waals surface area contributed by atoms with Gasteiger partial charge in [-0.15, -0.1) is 0 Å². The minimum absolute atomic E-state index is 0.370. The SMILES string of the molecule is CCc1cccc(C)c1NC(C)C(=O)OC=S. The first kappa shape index (κ1) is 13.6. The summed E-state index contributed by atoms with van der Waals surface area (Å²) in [6.07, 6.45) is 0.916. The van der Waals surface area contributed by atoms with Crippen molar-refractivity contribution in [3.8, 4) is 0 Å². The van der Waals surface area contributed by atoms with Crippen LogP contribution < -0.4 is 5.32 Å². The Hall–Kier alpha value is -1.42. The Labute approximate surface area is 107 Å². The van der Waals surface area contributed by atoms with Crippen molar-refractivity contribution >= 4 is 29.4 Å². The summed E-state index contributed by atoms with van der Waals surface area (Å²) in [6.45, 7) is 5.85. The molecule has 1 atom stereocenters. The summed E-state index contributed by atoms with van der Waals surface area (Å²) in [5.41, 5.74) is 4.29. The highest BCUT2D eigenvalue weighted by Crippen LogP contribution is 2.21. The summed E-state index contributed by atoms with van der Waals surface area (Å²) in [6, 6.07) is 5.66. The predicted molar refractivity (Wildman–Crippen MR) is 73.4 cm³/mol. The average molecular weight is 251 g/mol. The molecule has 3 nitrogen and oxygen atoms in total. The van der Waals surface area contributed by atoms with E-state index in [9.17, 15) is 4.79 Å². The van der Waals surface area contributed by atoms with Gasteiger partial charge in [0.2, 0.25) is 0 Å². The fourth-order valence-corrected chi connectivity index (χ4v) is 1.75. The van der Waals surface area contributed by atoms with Gasteiger partial charge >= 0.3 is 5.97 Å². The molecule has 0 aliphatic heterocycles. The first-order valence-electron chi connectivity index (χ1n) is 5.59. The Morgan fingerprint density at radius 3 is 2.88 bits per heavy atom. The van der Waals surface area contributed by atoms with E-state index in [0.717, 1.165) is 23.2 Å². The molecule has 1 rings (SSSR count). The van der Waals surface area contributed by atoms with Crippen molar-refractivity contribution in [1.82, 2.24) is 0 Å². The molecule has 4 heteroatoms. The molecule has 1 aromatic rings. The standard InChI is InChI=1S/C13H17NO2S/c1-4-11-7-5-6-9(2)12(11)14-10(3)13(15)16-8-17/h5-8,10,14H,4H2,1-3H3. The van der Waals surface area contributed by atoms with Gasteiger partial charge < -0.3 is 10.1 Å². The van der Waals surface area contributed by atoms with Gasteiger partial charge in [0, 0.05) is 5.69 Å². The van der Waals surface area contributed by atoms with Crippen molar-refractivity contribution in [3.05, 3.63) is 29.3 Å². The molecule has 0 fully saturated rings. The molecule has 0 spiro atoms. The van der Waals surface area contributed by atoms with Gasteiger partial charge in [0.15, 0.2) is 5.55 Å². The van der Waals surface area contributed by atoms with Crippen molar-refractivity contribution in [2.45, 2.75) is 33.2 Å². The van der Waals surface area contributed by atoms with Crippen LogP contribution in [-0.4, -0.2) is 17.6 Å². The quantitative estimate of drug-likeness (QED) is 0.645. The van der Waals surface area contributed by atoms with E-state index in [1.807, 2.05) is 25.1 Å². The lowest BCUT2D eigenvalue weighted by Gasteiger charge is -2.17. The van der Waals surface area contributed by atoms with Gasteiger partial charge in [-0.1, -0.05) is 25.1 Å². The average Bonchev–Trinajstić information content (AvgIpc) is 2.31. The van der Waals surface area contributed by atoms with Crippen LogP contribution in [-0.2, 0) is 16.0 Å². The number of ether oxygens (including phenoxy) is 1. The third-order valence-corrected chi connectivity index (χ3v) is 2.71. The molecule has 0 heterocycles. The second kappa shape index (κ2) is 6.35. The van der Waals surface area contributed by atoms with Gasteiger partial charge in [-0.25, -0.2) is 4.79 Å². The van der Waals surface area contributed by atoms with Crippen molar-refractivity contribution in [2.24, 2.45) is 0 Å².